The van der Waals surface area contributed by atoms with Gasteiger partial charge in [-0.3, -0.25) is 9.59 Å². The van der Waals surface area contributed by atoms with E-state index in [2.05, 4.69) is 37.0 Å². The molecule has 0 unspecified atom stereocenters. The van der Waals surface area contributed by atoms with Crippen molar-refractivity contribution in [1.82, 2.24) is 10.9 Å². The summed E-state index contributed by atoms with van der Waals surface area (Å²) < 4.78 is 0.792. The molecular weight excluding hydrogens is 352 g/mol. The third kappa shape index (κ3) is 4.14. The van der Waals surface area contributed by atoms with E-state index in [1.165, 1.54) is 12.3 Å². The van der Waals surface area contributed by atoms with Gasteiger partial charge in [-0.25, -0.2) is 10.9 Å². The van der Waals surface area contributed by atoms with Gasteiger partial charge in [0.25, 0.3) is 0 Å². The maximum absolute atomic E-state index is 11.7. The van der Waals surface area contributed by atoms with Crippen LogP contribution in [0.15, 0.2) is 32.9 Å². The van der Waals surface area contributed by atoms with Gasteiger partial charge in [0.05, 0.1) is 12.1 Å². The van der Waals surface area contributed by atoms with Crippen LogP contribution < -0.4 is 10.9 Å². The van der Waals surface area contributed by atoms with E-state index in [4.69, 9.17) is 0 Å². The van der Waals surface area contributed by atoms with E-state index in [9.17, 15) is 14.7 Å². The Morgan fingerprint density at radius 2 is 2.36 bits per heavy atom. The number of phenols is 1. The van der Waals surface area contributed by atoms with Crippen LogP contribution in [0.3, 0.4) is 0 Å². The first-order valence-electron chi connectivity index (χ1n) is 6.62. The van der Waals surface area contributed by atoms with Crippen molar-refractivity contribution in [3.63, 3.8) is 0 Å². The van der Waals surface area contributed by atoms with Gasteiger partial charge >= 0.3 is 0 Å². The number of hydrogen-bond acceptors (Lipinski definition) is 5. The molecule has 2 rings (SSSR count). The zero-order chi connectivity index (χ0) is 16.1. The molecule has 0 saturated heterocycles. The van der Waals surface area contributed by atoms with Crippen LogP contribution in [0.4, 0.5) is 0 Å². The van der Waals surface area contributed by atoms with Crippen molar-refractivity contribution in [2.75, 3.05) is 0 Å². The fourth-order valence-electron chi connectivity index (χ4n) is 1.96. The van der Waals surface area contributed by atoms with Crippen LogP contribution in [0.2, 0.25) is 0 Å². The molecule has 0 radical (unpaired) electrons. The summed E-state index contributed by atoms with van der Waals surface area (Å²) in [4.78, 5) is 23.1. The van der Waals surface area contributed by atoms with E-state index in [-0.39, 0.29) is 29.9 Å². The van der Waals surface area contributed by atoms with Gasteiger partial charge in [0, 0.05) is 22.2 Å². The van der Waals surface area contributed by atoms with Crippen LogP contribution >= 0.6 is 15.9 Å². The molecule has 2 amide bonds. The number of phenolic OH excluding ortho intramolecular Hbond substituents is 1. The van der Waals surface area contributed by atoms with Gasteiger partial charge in [-0.15, -0.1) is 0 Å². The Kier molecular flexibility index (Phi) is 5.26. The number of benzene rings is 1. The van der Waals surface area contributed by atoms with E-state index in [1.54, 1.807) is 19.1 Å². The molecule has 1 heterocycles. The topological polar surface area (TPSA) is 103 Å². The number of halogens is 1. The van der Waals surface area contributed by atoms with Gasteiger partial charge in [0.15, 0.2) is 0 Å². The van der Waals surface area contributed by atoms with Gasteiger partial charge in [-0.05, 0) is 31.5 Å². The van der Waals surface area contributed by atoms with Gasteiger partial charge in [0.1, 0.15) is 5.75 Å². The lowest BCUT2D eigenvalue weighted by Crippen LogP contribution is -2.25. The second-order valence-electron chi connectivity index (χ2n) is 4.82. The van der Waals surface area contributed by atoms with E-state index >= 15 is 0 Å². The Balaban J connectivity index is 1.83. The molecule has 7 nitrogen and oxygen atoms in total. The van der Waals surface area contributed by atoms with Crippen molar-refractivity contribution in [2.24, 2.45) is 16.1 Å². The molecule has 3 N–H and O–H groups in total. The van der Waals surface area contributed by atoms with Crippen LogP contribution in [0, 0.1) is 5.92 Å². The molecule has 0 bridgehead atoms. The summed E-state index contributed by atoms with van der Waals surface area (Å²) in [5.41, 5.74) is 5.90. The minimum Gasteiger partial charge on any atom is -0.507 e. The Hall–Kier alpha value is -2.22. The van der Waals surface area contributed by atoms with Crippen LogP contribution in [0.1, 0.15) is 25.3 Å². The average Bonchev–Trinajstić information content (AvgIpc) is 2.79. The van der Waals surface area contributed by atoms with Crippen LogP contribution in [0.5, 0.6) is 5.75 Å². The summed E-state index contributed by atoms with van der Waals surface area (Å²) in [6, 6.07) is 4.89. The molecule has 1 aliphatic rings. The third-order valence-corrected chi connectivity index (χ3v) is 3.70. The Morgan fingerprint density at radius 1 is 1.59 bits per heavy atom. The average molecular weight is 367 g/mol. The zero-order valence-electron chi connectivity index (χ0n) is 11.8. The summed E-state index contributed by atoms with van der Waals surface area (Å²) in [5.74, 6) is -0.786. The minimum atomic E-state index is -0.358. The first kappa shape index (κ1) is 16.2. The Labute approximate surface area is 135 Å². The number of carbonyl (C=O) groups is 2. The quantitative estimate of drug-likeness (QED) is 0.543. The minimum absolute atomic E-state index is 0.0654. The molecule has 8 heteroatoms. The molecule has 0 aliphatic carbocycles. The number of hydrogen-bond donors (Lipinski definition) is 3. The summed E-state index contributed by atoms with van der Waals surface area (Å²) in [7, 11) is 0. The van der Waals surface area contributed by atoms with Crippen molar-refractivity contribution >= 4 is 39.7 Å². The number of rotatable bonds is 5. The van der Waals surface area contributed by atoms with Gasteiger partial charge < -0.3 is 5.11 Å². The zero-order valence-corrected chi connectivity index (χ0v) is 13.4. The lowest BCUT2D eigenvalue weighted by Gasteiger charge is -2.06. The largest absolute Gasteiger partial charge is 0.507 e. The van der Waals surface area contributed by atoms with Crippen molar-refractivity contribution in [2.45, 2.75) is 19.8 Å². The molecule has 1 aliphatic heterocycles. The second kappa shape index (κ2) is 7.17. The predicted octanol–water partition coefficient (Wildman–Crippen LogP) is 1.51. The molecule has 1 aromatic rings. The lowest BCUT2D eigenvalue weighted by molar-refractivity contribution is -0.123. The maximum Gasteiger partial charge on any atom is 0.248 e. The highest BCUT2D eigenvalue weighted by Gasteiger charge is 2.26. The number of hydrazone groups is 2. The normalized spacial score (nSPS) is 17.5. The third-order valence-electron chi connectivity index (χ3n) is 3.21. The van der Waals surface area contributed by atoms with E-state index in [0.717, 1.165) is 4.47 Å². The number of aromatic hydroxyl groups is 1. The monoisotopic (exact) mass is 366 g/mol. The first-order valence-corrected chi connectivity index (χ1v) is 7.41. The van der Waals surface area contributed by atoms with Crippen molar-refractivity contribution in [3.8, 4) is 5.75 Å². The van der Waals surface area contributed by atoms with Crippen LogP contribution in [-0.2, 0) is 9.59 Å². The number of nitrogens with zero attached hydrogens (tertiary/aromatic N) is 2. The predicted molar refractivity (Wildman–Crippen MR) is 85.5 cm³/mol. The first-order chi connectivity index (χ1) is 10.5. The molecular formula is C14H15BrN4O3. The standard InChI is InChI=1S/C14H15BrN4O3/c1-8-11(14(22)19-17-8)3-5-13(21)18-16-7-9-6-10(15)2-4-12(9)20/h2,4,6-7,11,20H,3,5H2,1H3,(H,18,21)(H,19,22)/b16-7-/t11-/m0/s1. The molecule has 116 valence electrons. The van der Waals surface area contributed by atoms with Crippen LogP contribution in [-0.4, -0.2) is 28.8 Å². The molecule has 0 aromatic heterocycles. The lowest BCUT2D eigenvalue weighted by atomic mass is 9.99. The smallest absolute Gasteiger partial charge is 0.248 e. The van der Waals surface area contributed by atoms with Crippen molar-refractivity contribution < 1.29 is 14.7 Å². The van der Waals surface area contributed by atoms with Gasteiger partial charge in [0.2, 0.25) is 11.8 Å². The Morgan fingerprint density at radius 3 is 3.05 bits per heavy atom. The maximum atomic E-state index is 11.7. The fraction of sp³-hybridized carbons (Fsp3) is 0.286. The number of carbonyl (C=O) groups excluding carboxylic acids is 2. The SMILES string of the molecule is CC1=NNC(=O)[C@H]1CCC(=O)N/N=C\c1cc(Br)ccc1O. The van der Waals surface area contributed by atoms with E-state index in [0.29, 0.717) is 17.7 Å². The Bertz CT molecular complexity index is 657. The highest BCUT2D eigenvalue weighted by Crippen LogP contribution is 2.20. The number of nitrogens with one attached hydrogen (secondary N) is 2. The molecule has 22 heavy (non-hydrogen) atoms. The highest BCUT2D eigenvalue weighted by atomic mass is 79.9. The summed E-state index contributed by atoms with van der Waals surface area (Å²) in [6.07, 6.45) is 1.89. The fourth-order valence-corrected chi connectivity index (χ4v) is 2.34. The molecule has 0 spiro atoms. The van der Waals surface area contributed by atoms with Crippen molar-refractivity contribution in [1.29, 1.82) is 0 Å². The second-order valence-corrected chi connectivity index (χ2v) is 5.73. The molecule has 1 aromatic carbocycles. The molecule has 1 atom stereocenters. The van der Waals surface area contributed by atoms with E-state index in [1.807, 2.05) is 0 Å². The summed E-state index contributed by atoms with van der Waals surface area (Å²) >= 11 is 3.28. The van der Waals surface area contributed by atoms with Gasteiger partial charge in [-0.2, -0.15) is 10.2 Å². The van der Waals surface area contributed by atoms with Crippen LogP contribution in [0.25, 0.3) is 0 Å². The van der Waals surface area contributed by atoms with E-state index < -0.39 is 0 Å². The van der Waals surface area contributed by atoms with Gasteiger partial charge in [-0.1, -0.05) is 15.9 Å². The van der Waals surface area contributed by atoms with Crippen molar-refractivity contribution in [3.05, 3.63) is 28.2 Å². The molecule has 0 saturated carbocycles. The molecule has 0 fully saturated rings. The summed E-state index contributed by atoms with van der Waals surface area (Å²) in [6.45, 7) is 1.74. The number of amides is 2. The highest BCUT2D eigenvalue weighted by molar-refractivity contribution is 9.10. The summed E-state index contributed by atoms with van der Waals surface area (Å²) in [5, 5.41) is 17.2.